The van der Waals surface area contributed by atoms with Crippen molar-refractivity contribution in [3.8, 4) is 0 Å². The zero-order valence-electron chi connectivity index (χ0n) is 14.2. The highest BCUT2D eigenvalue weighted by molar-refractivity contribution is 7.89. The smallest absolute Gasteiger partial charge is 0.261 e. The van der Waals surface area contributed by atoms with Gasteiger partial charge in [0.25, 0.3) is 5.56 Å². The predicted molar refractivity (Wildman–Crippen MR) is 103 cm³/mol. The van der Waals surface area contributed by atoms with Crippen molar-refractivity contribution < 1.29 is 8.42 Å². The highest BCUT2D eigenvalue weighted by Gasteiger charge is 2.18. The number of benzene rings is 2. The molecule has 3 aromatic rings. The number of para-hydroxylation sites is 1. The molecule has 6 nitrogen and oxygen atoms in total. The fourth-order valence-electron chi connectivity index (χ4n) is 2.58. The Morgan fingerprint density at radius 3 is 2.54 bits per heavy atom. The summed E-state index contributed by atoms with van der Waals surface area (Å²) in [6.45, 7) is 0.286. The predicted octanol–water partition coefficient (Wildman–Crippen LogP) is 2.51. The van der Waals surface area contributed by atoms with Crippen molar-refractivity contribution in [3.05, 3.63) is 75.8 Å². The molecule has 0 aliphatic heterocycles. The maximum Gasteiger partial charge on any atom is 0.261 e. The van der Waals surface area contributed by atoms with Gasteiger partial charge in [-0.1, -0.05) is 35.9 Å². The molecule has 0 unspecified atom stereocenters. The minimum atomic E-state index is -3.52. The molecule has 0 aliphatic carbocycles. The monoisotopic (exact) mass is 391 g/mol. The van der Waals surface area contributed by atoms with Gasteiger partial charge in [-0.3, -0.25) is 9.36 Å². The topological polar surface area (TPSA) is 72.3 Å². The quantitative estimate of drug-likeness (QED) is 0.647. The normalized spacial score (nSPS) is 12.0. The minimum Gasteiger partial charge on any atom is -0.298 e. The van der Waals surface area contributed by atoms with Crippen LogP contribution >= 0.6 is 11.6 Å². The van der Waals surface area contributed by atoms with Crippen LogP contribution in [0.25, 0.3) is 10.9 Å². The highest BCUT2D eigenvalue weighted by atomic mass is 35.5. The Kier molecular flexibility index (Phi) is 5.41. The summed E-state index contributed by atoms with van der Waals surface area (Å²) in [5.74, 6) is -0.184. The van der Waals surface area contributed by atoms with Crippen molar-refractivity contribution >= 4 is 32.5 Å². The molecular weight excluding hydrogens is 374 g/mol. The molecule has 0 fully saturated rings. The third-order valence-corrected chi connectivity index (χ3v) is 6.14. The lowest BCUT2D eigenvalue weighted by molar-refractivity contribution is 0.463. The number of sulfonamides is 1. The molecule has 0 bridgehead atoms. The molecule has 136 valence electrons. The lowest BCUT2D eigenvalue weighted by Gasteiger charge is -2.17. The highest BCUT2D eigenvalue weighted by Crippen LogP contribution is 2.13. The molecular formula is C18H18ClN3O3S. The van der Waals surface area contributed by atoms with E-state index in [0.29, 0.717) is 15.9 Å². The van der Waals surface area contributed by atoms with Gasteiger partial charge < -0.3 is 0 Å². The van der Waals surface area contributed by atoms with Gasteiger partial charge in [0.2, 0.25) is 10.0 Å². The van der Waals surface area contributed by atoms with E-state index in [1.165, 1.54) is 22.2 Å². The van der Waals surface area contributed by atoms with Gasteiger partial charge in [0.1, 0.15) is 0 Å². The summed E-state index contributed by atoms with van der Waals surface area (Å²) in [6.07, 6.45) is 1.39. The number of hydrogen-bond donors (Lipinski definition) is 0. The second kappa shape index (κ2) is 7.57. The first kappa shape index (κ1) is 18.6. The maximum absolute atomic E-state index is 12.5. The Labute approximate surface area is 156 Å². The van der Waals surface area contributed by atoms with Crippen molar-refractivity contribution in [3.63, 3.8) is 0 Å². The lowest BCUT2D eigenvalue weighted by atomic mass is 10.2. The second-order valence-electron chi connectivity index (χ2n) is 5.96. The summed E-state index contributed by atoms with van der Waals surface area (Å²) in [5.41, 5.74) is 1.19. The Hall–Kier alpha value is -2.22. The summed E-state index contributed by atoms with van der Waals surface area (Å²) in [5, 5.41) is 1.07. The molecule has 8 heteroatoms. The lowest BCUT2D eigenvalue weighted by Crippen LogP contribution is -2.32. The van der Waals surface area contributed by atoms with E-state index in [2.05, 4.69) is 4.98 Å². The molecule has 0 spiro atoms. The van der Waals surface area contributed by atoms with Crippen LogP contribution in [-0.4, -0.2) is 35.1 Å². The Morgan fingerprint density at radius 2 is 1.81 bits per heavy atom. The van der Waals surface area contributed by atoms with Crippen LogP contribution in [0, 0.1) is 0 Å². The summed E-state index contributed by atoms with van der Waals surface area (Å²) in [7, 11) is -2.00. The molecule has 1 aromatic heterocycles. The SMILES string of the molecule is CN(Cc1ccc(Cl)cc1)S(=O)(=O)CCn1cnc2ccccc2c1=O. The first-order valence-electron chi connectivity index (χ1n) is 7.99. The molecule has 2 aromatic carbocycles. The van der Waals surface area contributed by atoms with Gasteiger partial charge in [-0.25, -0.2) is 17.7 Å². The molecule has 26 heavy (non-hydrogen) atoms. The second-order valence-corrected chi connectivity index (χ2v) is 8.59. The minimum absolute atomic E-state index is 0.0456. The Morgan fingerprint density at radius 1 is 1.12 bits per heavy atom. The van der Waals surface area contributed by atoms with Gasteiger partial charge in [0, 0.05) is 25.2 Å². The van der Waals surface area contributed by atoms with E-state index in [4.69, 9.17) is 11.6 Å². The number of halogens is 1. The average Bonchev–Trinajstić information content (AvgIpc) is 2.63. The third kappa shape index (κ3) is 4.12. The fourth-order valence-corrected chi connectivity index (χ4v) is 3.79. The largest absolute Gasteiger partial charge is 0.298 e. The summed E-state index contributed by atoms with van der Waals surface area (Å²) in [4.78, 5) is 16.6. The Balaban J connectivity index is 1.72. The van der Waals surface area contributed by atoms with Gasteiger partial charge in [-0.15, -0.1) is 0 Å². The third-order valence-electron chi connectivity index (χ3n) is 4.12. The number of hydrogen-bond acceptors (Lipinski definition) is 4. The van der Waals surface area contributed by atoms with E-state index in [9.17, 15) is 13.2 Å². The van der Waals surface area contributed by atoms with Gasteiger partial charge in [0.05, 0.1) is 23.0 Å². The fraction of sp³-hybridized carbons (Fsp3) is 0.222. The number of rotatable bonds is 6. The van der Waals surface area contributed by atoms with Gasteiger partial charge >= 0.3 is 0 Å². The van der Waals surface area contributed by atoms with Crippen molar-refractivity contribution in [2.75, 3.05) is 12.8 Å². The molecule has 1 heterocycles. The first-order valence-corrected chi connectivity index (χ1v) is 9.98. The molecule has 3 rings (SSSR count). The van der Waals surface area contributed by atoms with E-state index in [1.54, 1.807) is 48.5 Å². The van der Waals surface area contributed by atoms with Crippen LogP contribution < -0.4 is 5.56 Å². The Bertz CT molecular complexity index is 1080. The van der Waals surface area contributed by atoms with Crippen LogP contribution in [0.5, 0.6) is 0 Å². The van der Waals surface area contributed by atoms with Crippen molar-refractivity contribution in [1.29, 1.82) is 0 Å². The van der Waals surface area contributed by atoms with Gasteiger partial charge in [-0.05, 0) is 29.8 Å². The standard InChI is InChI=1S/C18H18ClN3O3S/c1-21(12-14-6-8-15(19)9-7-14)26(24,25)11-10-22-13-20-17-5-3-2-4-16(17)18(22)23/h2-9,13H,10-12H2,1H3. The van der Waals surface area contributed by atoms with E-state index in [-0.39, 0.29) is 24.4 Å². The van der Waals surface area contributed by atoms with E-state index >= 15 is 0 Å². The van der Waals surface area contributed by atoms with Crippen molar-refractivity contribution in [1.82, 2.24) is 13.9 Å². The molecule has 0 aliphatic rings. The summed E-state index contributed by atoms with van der Waals surface area (Å²) in [6, 6.07) is 14.0. The zero-order valence-corrected chi connectivity index (χ0v) is 15.7. The van der Waals surface area contributed by atoms with Crippen LogP contribution in [-0.2, 0) is 23.1 Å². The van der Waals surface area contributed by atoms with Crippen molar-refractivity contribution in [2.45, 2.75) is 13.1 Å². The molecule has 0 saturated heterocycles. The number of aryl methyl sites for hydroxylation is 1. The molecule has 0 N–H and O–H groups in total. The molecule has 0 saturated carbocycles. The van der Waals surface area contributed by atoms with Crippen LogP contribution in [0.15, 0.2) is 59.7 Å². The summed E-state index contributed by atoms with van der Waals surface area (Å²) >= 11 is 5.84. The van der Waals surface area contributed by atoms with E-state index in [0.717, 1.165) is 5.56 Å². The first-order chi connectivity index (χ1) is 12.4. The van der Waals surface area contributed by atoms with E-state index < -0.39 is 10.0 Å². The number of fused-ring (bicyclic) bond motifs is 1. The molecule has 0 amide bonds. The zero-order chi connectivity index (χ0) is 18.7. The van der Waals surface area contributed by atoms with Crippen LogP contribution in [0.1, 0.15) is 5.56 Å². The summed E-state index contributed by atoms with van der Waals surface area (Å²) < 4.78 is 27.6. The molecule has 0 radical (unpaired) electrons. The van der Waals surface area contributed by atoms with Crippen LogP contribution in [0.2, 0.25) is 5.02 Å². The van der Waals surface area contributed by atoms with E-state index in [1.807, 2.05) is 0 Å². The van der Waals surface area contributed by atoms with Crippen molar-refractivity contribution in [2.24, 2.45) is 0 Å². The van der Waals surface area contributed by atoms with Crippen LogP contribution in [0.4, 0.5) is 0 Å². The average molecular weight is 392 g/mol. The van der Waals surface area contributed by atoms with Gasteiger partial charge in [-0.2, -0.15) is 0 Å². The number of nitrogens with zero attached hydrogens (tertiary/aromatic N) is 3. The maximum atomic E-state index is 12.5. The van der Waals surface area contributed by atoms with Gasteiger partial charge in [0.15, 0.2) is 0 Å². The molecule has 0 atom stereocenters. The van der Waals surface area contributed by atoms with Crippen LogP contribution in [0.3, 0.4) is 0 Å². The number of aromatic nitrogens is 2.